The number of para-hydroxylation sites is 1. The normalized spacial score (nSPS) is 10.5. The van der Waals surface area contributed by atoms with E-state index in [1.165, 1.54) is 5.56 Å². The topological polar surface area (TPSA) is 84.7 Å². The first kappa shape index (κ1) is 18.4. The van der Waals surface area contributed by atoms with Crippen molar-refractivity contribution in [3.8, 4) is 0 Å². The third-order valence-corrected chi connectivity index (χ3v) is 4.30. The van der Waals surface area contributed by atoms with Gasteiger partial charge in [0.25, 0.3) is 5.91 Å². The van der Waals surface area contributed by atoms with Crippen LogP contribution in [0.5, 0.6) is 0 Å². The van der Waals surface area contributed by atoms with Gasteiger partial charge in [0.1, 0.15) is 5.82 Å². The van der Waals surface area contributed by atoms with Gasteiger partial charge in [-0.2, -0.15) is 5.10 Å². The van der Waals surface area contributed by atoms with Crippen LogP contribution in [0.3, 0.4) is 0 Å². The zero-order valence-corrected chi connectivity index (χ0v) is 15.7. The molecule has 29 heavy (non-hydrogen) atoms. The lowest BCUT2D eigenvalue weighted by atomic mass is 10.1. The van der Waals surface area contributed by atoms with Crippen molar-refractivity contribution >= 4 is 17.4 Å². The molecule has 0 atom stereocenters. The number of anilines is 2. The Kier molecular flexibility index (Phi) is 5.57. The third kappa shape index (κ3) is 5.04. The summed E-state index contributed by atoms with van der Waals surface area (Å²) in [4.78, 5) is 12.2. The van der Waals surface area contributed by atoms with Crippen molar-refractivity contribution in [3.05, 3.63) is 102 Å². The lowest BCUT2D eigenvalue weighted by Gasteiger charge is -2.08. The number of carbonyl (C=O) groups is 1. The first-order chi connectivity index (χ1) is 14.3. The van der Waals surface area contributed by atoms with Crippen molar-refractivity contribution in [2.75, 3.05) is 10.6 Å². The molecule has 0 unspecified atom stereocenters. The molecule has 7 nitrogen and oxygen atoms in total. The van der Waals surface area contributed by atoms with Gasteiger partial charge >= 0.3 is 0 Å². The maximum absolute atomic E-state index is 12.2. The van der Waals surface area contributed by atoms with Gasteiger partial charge in [-0.25, -0.2) is 0 Å². The Bertz CT molecular complexity index is 1060. The minimum Gasteiger partial charge on any atom is -0.365 e. The van der Waals surface area contributed by atoms with Gasteiger partial charge in [-0.3, -0.25) is 9.48 Å². The number of hydrogen-bond donors (Lipinski definition) is 2. The highest BCUT2D eigenvalue weighted by Crippen LogP contribution is 2.11. The van der Waals surface area contributed by atoms with E-state index in [4.69, 9.17) is 0 Å². The lowest BCUT2D eigenvalue weighted by Crippen LogP contribution is -2.14. The summed E-state index contributed by atoms with van der Waals surface area (Å²) in [5, 5.41) is 18.4. The molecule has 0 aliphatic carbocycles. The van der Waals surface area contributed by atoms with E-state index < -0.39 is 0 Å². The second-order valence-corrected chi connectivity index (χ2v) is 6.50. The van der Waals surface area contributed by atoms with Gasteiger partial charge in [0.2, 0.25) is 0 Å². The number of benzene rings is 2. The first-order valence-electron chi connectivity index (χ1n) is 9.25. The minimum absolute atomic E-state index is 0.264. The van der Waals surface area contributed by atoms with E-state index in [2.05, 4.69) is 44.1 Å². The number of amides is 1. The molecule has 2 heterocycles. The van der Waals surface area contributed by atoms with E-state index in [1.54, 1.807) is 18.3 Å². The van der Waals surface area contributed by atoms with Crippen molar-refractivity contribution in [2.45, 2.75) is 13.1 Å². The highest BCUT2D eigenvalue weighted by molar-refractivity contribution is 6.02. The summed E-state index contributed by atoms with van der Waals surface area (Å²) < 4.78 is 1.89. The molecule has 2 aromatic heterocycles. The Morgan fingerprint density at radius 3 is 2.52 bits per heavy atom. The van der Waals surface area contributed by atoms with Crippen LogP contribution in [0.1, 0.15) is 21.6 Å². The Balaban J connectivity index is 1.34. The summed E-state index contributed by atoms with van der Waals surface area (Å²) in [6.07, 6.45) is 3.71. The van der Waals surface area contributed by atoms with Crippen molar-refractivity contribution in [1.29, 1.82) is 0 Å². The van der Waals surface area contributed by atoms with Gasteiger partial charge in [-0.15, -0.1) is 10.2 Å². The third-order valence-electron chi connectivity index (χ3n) is 4.30. The molecule has 144 valence electrons. The maximum Gasteiger partial charge on any atom is 0.276 e. The van der Waals surface area contributed by atoms with E-state index in [-0.39, 0.29) is 11.6 Å². The molecular formula is C22H20N6O. The van der Waals surface area contributed by atoms with Gasteiger partial charge < -0.3 is 10.6 Å². The fraction of sp³-hybridized carbons (Fsp3) is 0.0909. The van der Waals surface area contributed by atoms with Crippen molar-refractivity contribution < 1.29 is 4.79 Å². The van der Waals surface area contributed by atoms with Crippen LogP contribution in [-0.2, 0) is 13.1 Å². The summed E-state index contributed by atoms with van der Waals surface area (Å²) in [6.45, 7) is 1.34. The second-order valence-electron chi connectivity index (χ2n) is 6.50. The molecule has 0 saturated heterocycles. The fourth-order valence-electron chi connectivity index (χ4n) is 2.88. The van der Waals surface area contributed by atoms with Crippen LogP contribution in [0, 0.1) is 0 Å². The van der Waals surface area contributed by atoms with Gasteiger partial charge in [0, 0.05) is 24.6 Å². The Labute approximate surface area is 168 Å². The number of rotatable bonds is 7. The molecular weight excluding hydrogens is 364 g/mol. The molecule has 4 rings (SSSR count). The quantitative estimate of drug-likeness (QED) is 0.509. The summed E-state index contributed by atoms with van der Waals surface area (Å²) in [7, 11) is 0. The predicted octanol–water partition coefficient (Wildman–Crippen LogP) is 3.59. The highest BCUT2D eigenvalue weighted by atomic mass is 16.1. The molecule has 0 saturated carbocycles. The molecule has 1 amide bonds. The minimum atomic E-state index is -0.290. The van der Waals surface area contributed by atoms with Gasteiger partial charge in [0.15, 0.2) is 5.69 Å². The molecule has 0 bridgehead atoms. The highest BCUT2D eigenvalue weighted by Gasteiger charge is 2.08. The van der Waals surface area contributed by atoms with Gasteiger partial charge in [-0.1, -0.05) is 42.5 Å². The number of nitrogens with one attached hydrogen (secondary N) is 2. The summed E-state index contributed by atoms with van der Waals surface area (Å²) in [6, 6.07) is 22.8. The van der Waals surface area contributed by atoms with Crippen molar-refractivity contribution in [2.24, 2.45) is 0 Å². The van der Waals surface area contributed by atoms with Crippen LogP contribution >= 0.6 is 0 Å². The van der Waals surface area contributed by atoms with Gasteiger partial charge in [-0.05, 0) is 41.5 Å². The average molecular weight is 384 g/mol. The second kappa shape index (κ2) is 8.79. The predicted molar refractivity (Wildman–Crippen MR) is 112 cm³/mol. The molecule has 0 fully saturated rings. The standard InChI is InChI=1S/C22H20N6O/c29-22(25-19-8-2-1-3-9-19)20-10-11-21(27-26-20)23-15-17-6-4-7-18(14-17)16-28-13-5-12-24-28/h1-14H,15-16H2,(H,23,27)(H,25,29). The van der Waals surface area contributed by atoms with E-state index in [0.717, 1.165) is 17.8 Å². The molecule has 0 aliphatic heterocycles. The molecule has 0 radical (unpaired) electrons. The molecule has 4 aromatic rings. The molecule has 0 aliphatic rings. The Morgan fingerprint density at radius 1 is 0.897 bits per heavy atom. The van der Waals surface area contributed by atoms with Crippen LogP contribution in [0.2, 0.25) is 0 Å². The average Bonchev–Trinajstić information content (AvgIpc) is 3.27. The van der Waals surface area contributed by atoms with E-state index in [1.807, 2.05) is 53.3 Å². The summed E-state index contributed by atoms with van der Waals surface area (Å²) >= 11 is 0. The van der Waals surface area contributed by atoms with Crippen LogP contribution < -0.4 is 10.6 Å². The zero-order valence-electron chi connectivity index (χ0n) is 15.7. The molecule has 7 heteroatoms. The van der Waals surface area contributed by atoms with E-state index >= 15 is 0 Å². The number of nitrogens with zero attached hydrogens (tertiary/aromatic N) is 4. The monoisotopic (exact) mass is 384 g/mol. The number of aromatic nitrogens is 4. The molecule has 2 aromatic carbocycles. The van der Waals surface area contributed by atoms with Crippen LogP contribution in [0.15, 0.2) is 85.2 Å². The Hall–Kier alpha value is -4.00. The van der Waals surface area contributed by atoms with Gasteiger partial charge in [0.05, 0.1) is 6.54 Å². The maximum atomic E-state index is 12.2. The molecule has 0 spiro atoms. The fourth-order valence-corrected chi connectivity index (χ4v) is 2.88. The van der Waals surface area contributed by atoms with Crippen LogP contribution in [0.4, 0.5) is 11.5 Å². The Morgan fingerprint density at radius 2 is 1.76 bits per heavy atom. The molecule has 2 N–H and O–H groups in total. The SMILES string of the molecule is O=C(Nc1ccccc1)c1ccc(NCc2cccc(Cn3cccn3)c2)nn1. The van der Waals surface area contributed by atoms with E-state index in [9.17, 15) is 4.79 Å². The number of hydrogen-bond acceptors (Lipinski definition) is 5. The smallest absolute Gasteiger partial charge is 0.276 e. The van der Waals surface area contributed by atoms with Crippen LogP contribution in [0.25, 0.3) is 0 Å². The number of carbonyl (C=O) groups excluding carboxylic acids is 1. The largest absolute Gasteiger partial charge is 0.365 e. The van der Waals surface area contributed by atoms with Crippen LogP contribution in [-0.4, -0.2) is 25.9 Å². The zero-order chi connectivity index (χ0) is 19.9. The lowest BCUT2D eigenvalue weighted by molar-refractivity contribution is 0.102. The summed E-state index contributed by atoms with van der Waals surface area (Å²) in [5.41, 5.74) is 3.28. The van der Waals surface area contributed by atoms with Crippen molar-refractivity contribution in [3.63, 3.8) is 0 Å². The summed E-state index contributed by atoms with van der Waals surface area (Å²) in [5.74, 6) is 0.320. The van der Waals surface area contributed by atoms with Crippen molar-refractivity contribution in [1.82, 2.24) is 20.0 Å². The van der Waals surface area contributed by atoms with E-state index in [0.29, 0.717) is 12.4 Å². The first-order valence-corrected chi connectivity index (χ1v) is 9.25.